The van der Waals surface area contributed by atoms with Crippen LogP contribution in [0, 0.1) is 5.41 Å². The molecule has 2 aliphatic heterocycles. The summed E-state index contributed by atoms with van der Waals surface area (Å²) in [5.74, 6) is 0.151. The standard InChI is InChI=1S/C18H25N3O3S/c22-17-7-9-18(13-20(17)12-15-4-1-2-10-19-15)8-3-11-21(14-18)25(23,24)16-5-6-16/h1-2,4,10,16H,3,5-9,11-14H2/t18-/m0/s1. The van der Waals surface area contributed by atoms with Crippen molar-refractivity contribution in [2.24, 2.45) is 5.41 Å². The van der Waals surface area contributed by atoms with Gasteiger partial charge in [0.05, 0.1) is 17.5 Å². The lowest BCUT2D eigenvalue weighted by molar-refractivity contribution is -0.139. The minimum atomic E-state index is -3.14. The summed E-state index contributed by atoms with van der Waals surface area (Å²) in [5.41, 5.74) is 0.786. The Morgan fingerprint density at radius 2 is 2.04 bits per heavy atom. The molecule has 1 amide bonds. The molecule has 0 unspecified atom stereocenters. The first-order valence-electron chi connectivity index (χ1n) is 9.15. The van der Waals surface area contributed by atoms with Crippen molar-refractivity contribution in [3.8, 4) is 0 Å². The van der Waals surface area contributed by atoms with Gasteiger partial charge in [0, 0.05) is 37.7 Å². The van der Waals surface area contributed by atoms with Crippen molar-refractivity contribution in [2.45, 2.75) is 50.3 Å². The third-order valence-corrected chi connectivity index (χ3v) is 8.10. The maximum Gasteiger partial charge on any atom is 0.222 e. The number of carbonyl (C=O) groups is 1. The van der Waals surface area contributed by atoms with E-state index >= 15 is 0 Å². The third-order valence-electron chi connectivity index (χ3n) is 5.76. The van der Waals surface area contributed by atoms with Gasteiger partial charge in [-0.05, 0) is 44.2 Å². The summed E-state index contributed by atoms with van der Waals surface area (Å²) in [6, 6.07) is 5.72. The van der Waals surface area contributed by atoms with Gasteiger partial charge in [0.1, 0.15) is 0 Å². The molecule has 3 heterocycles. The van der Waals surface area contributed by atoms with Crippen LogP contribution in [0.2, 0.25) is 0 Å². The molecule has 7 heteroatoms. The highest BCUT2D eigenvalue weighted by molar-refractivity contribution is 7.90. The average molecular weight is 363 g/mol. The molecule has 1 saturated carbocycles. The lowest BCUT2D eigenvalue weighted by Gasteiger charge is -2.47. The SMILES string of the molecule is O=C1CC[C@@]2(CCCN(S(=O)(=O)C3CC3)C2)CN1Cc1ccccn1. The van der Waals surface area contributed by atoms with Gasteiger partial charge in [0.25, 0.3) is 0 Å². The van der Waals surface area contributed by atoms with E-state index in [0.717, 1.165) is 37.8 Å². The van der Waals surface area contributed by atoms with Crippen LogP contribution in [-0.2, 0) is 21.4 Å². The summed E-state index contributed by atoms with van der Waals surface area (Å²) in [6.45, 7) is 2.35. The Bertz CT molecular complexity index is 748. The number of carbonyl (C=O) groups excluding carboxylic acids is 1. The molecule has 136 valence electrons. The van der Waals surface area contributed by atoms with E-state index < -0.39 is 10.0 Å². The van der Waals surface area contributed by atoms with Gasteiger partial charge >= 0.3 is 0 Å². The number of likely N-dealkylation sites (tertiary alicyclic amines) is 1. The molecule has 6 nitrogen and oxygen atoms in total. The molecule has 25 heavy (non-hydrogen) atoms. The van der Waals surface area contributed by atoms with Crippen LogP contribution in [0.1, 0.15) is 44.2 Å². The van der Waals surface area contributed by atoms with Crippen molar-refractivity contribution >= 4 is 15.9 Å². The molecule has 1 spiro atoms. The minimum absolute atomic E-state index is 0.0943. The van der Waals surface area contributed by atoms with Gasteiger partial charge < -0.3 is 4.90 Å². The van der Waals surface area contributed by atoms with Crippen LogP contribution in [0.25, 0.3) is 0 Å². The minimum Gasteiger partial charge on any atom is -0.336 e. The fourth-order valence-electron chi connectivity index (χ4n) is 4.22. The normalized spacial score (nSPS) is 28.5. The van der Waals surface area contributed by atoms with E-state index in [2.05, 4.69) is 4.98 Å². The predicted molar refractivity (Wildman–Crippen MR) is 94.1 cm³/mol. The summed E-state index contributed by atoms with van der Waals surface area (Å²) in [6.07, 6.45) is 6.52. The quantitative estimate of drug-likeness (QED) is 0.818. The Morgan fingerprint density at radius 1 is 1.20 bits per heavy atom. The van der Waals surface area contributed by atoms with Crippen LogP contribution >= 0.6 is 0 Å². The van der Waals surface area contributed by atoms with E-state index in [1.165, 1.54) is 0 Å². The highest BCUT2D eigenvalue weighted by atomic mass is 32.2. The molecule has 1 aromatic heterocycles. The Hall–Kier alpha value is -1.47. The maximum absolute atomic E-state index is 12.6. The number of piperidine rings is 2. The first kappa shape index (κ1) is 17.0. The van der Waals surface area contributed by atoms with E-state index in [9.17, 15) is 13.2 Å². The van der Waals surface area contributed by atoms with E-state index in [-0.39, 0.29) is 16.6 Å². The summed E-state index contributed by atoms with van der Waals surface area (Å²) in [5, 5.41) is -0.155. The van der Waals surface area contributed by atoms with Gasteiger partial charge in [0.2, 0.25) is 15.9 Å². The molecule has 4 rings (SSSR count). The summed E-state index contributed by atoms with van der Waals surface area (Å²) < 4.78 is 27.0. The van der Waals surface area contributed by atoms with Crippen molar-refractivity contribution in [2.75, 3.05) is 19.6 Å². The van der Waals surface area contributed by atoms with Gasteiger partial charge in [-0.15, -0.1) is 0 Å². The topological polar surface area (TPSA) is 70.6 Å². The van der Waals surface area contributed by atoms with Crippen LogP contribution in [0.5, 0.6) is 0 Å². The molecule has 0 bridgehead atoms. The van der Waals surface area contributed by atoms with Crippen molar-refractivity contribution in [1.29, 1.82) is 0 Å². The number of hydrogen-bond acceptors (Lipinski definition) is 4. The second-order valence-electron chi connectivity index (χ2n) is 7.75. The van der Waals surface area contributed by atoms with Gasteiger partial charge in [0.15, 0.2) is 0 Å². The highest BCUT2D eigenvalue weighted by Gasteiger charge is 2.47. The molecule has 1 aromatic rings. The lowest BCUT2D eigenvalue weighted by atomic mass is 9.74. The van der Waals surface area contributed by atoms with Gasteiger partial charge in [-0.2, -0.15) is 0 Å². The predicted octanol–water partition coefficient (Wildman–Crippen LogP) is 1.78. The molecule has 0 aromatic carbocycles. The number of amides is 1. The van der Waals surface area contributed by atoms with Crippen LogP contribution in [-0.4, -0.2) is 53.4 Å². The largest absolute Gasteiger partial charge is 0.336 e. The van der Waals surface area contributed by atoms with Gasteiger partial charge in [-0.1, -0.05) is 6.07 Å². The van der Waals surface area contributed by atoms with Gasteiger partial charge in [-0.3, -0.25) is 9.78 Å². The van der Waals surface area contributed by atoms with E-state index in [0.29, 0.717) is 32.6 Å². The molecule has 3 fully saturated rings. The second-order valence-corrected chi connectivity index (χ2v) is 9.97. The molecule has 2 saturated heterocycles. The zero-order chi connectivity index (χ0) is 17.5. The molecular weight excluding hydrogens is 338 g/mol. The zero-order valence-corrected chi connectivity index (χ0v) is 15.2. The number of aromatic nitrogens is 1. The Kier molecular flexibility index (Phi) is 4.32. The van der Waals surface area contributed by atoms with E-state index in [1.54, 1.807) is 10.5 Å². The fraction of sp³-hybridized carbons (Fsp3) is 0.667. The lowest BCUT2D eigenvalue weighted by Crippen LogP contribution is -2.55. The average Bonchev–Trinajstić information content (AvgIpc) is 3.45. The van der Waals surface area contributed by atoms with Crippen LogP contribution < -0.4 is 0 Å². The third kappa shape index (κ3) is 3.44. The highest BCUT2D eigenvalue weighted by Crippen LogP contribution is 2.42. The first-order valence-corrected chi connectivity index (χ1v) is 10.7. The molecule has 0 N–H and O–H groups in total. The van der Waals surface area contributed by atoms with Crippen molar-refractivity contribution in [3.63, 3.8) is 0 Å². The molecule has 0 radical (unpaired) electrons. The van der Waals surface area contributed by atoms with Crippen LogP contribution in [0.4, 0.5) is 0 Å². The number of hydrogen-bond donors (Lipinski definition) is 0. The number of rotatable bonds is 4. The van der Waals surface area contributed by atoms with Crippen molar-refractivity contribution < 1.29 is 13.2 Å². The molecule has 1 aliphatic carbocycles. The molecular formula is C18H25N3O3S. The van der Waals surface area contributed by atoms with Crippen LogP contribution in [0.3, 0.4) is 0 Å². The first-order chi connectivity index (χ1) is 12.0. The monoisotopic (exact) mass is 363 g/mol. The Morgan fingerprint density at radius 3 is 2.76 bits per heavy atom. The maximum atomic E-state index is 12.6. The summed E-state index contributed by atoms with van der Waals surface area (Å²) in [4.78, 5) is 18.6. The summed E-state index contributed by atoms with van der Waals surface area (Å²) >= 11 is 0. The smallest absolute Gasteiger partial charge is 0.222 e. The number of nitrogens with zero attached hydrogens (tertiary/aromatic N) is 3. The Labute approximate surface area is 149 Å². The fourth-order valence-corrected chi connectivity index (χ4v) is 6.21. The van der Waals surface area contributed by atoms with Gasteiger partial charge in [-0.25, -0.2) is 12.7 Å². The van der Waals surface area contributed by atoms with E-state index in [1.807, 2.05) is 23.1 Å². The number of pyridine rings is 1. The van der Waals surface area contributed by atoms with E-state index in [4.69, 9.17) is 0 Å². The zero-order valence-electron chi connectivity index (χ0n) is 14.4. The summed E-state index contributed by atoms with van der Waals surface area (Å²) in [7, 11) is -3.14. The second kappa shape index (κ2) is 6.36. The number of sulfonamides is 1. The Balaban J connectivity index is 1.50. The van der Waals surface area contributed by atoms with Crippen molar-refractivity contribution in [3.05, 3.63) is 30.1 Å². The van der Waals surface area contributed by atoms with Crippen molar-refractivity contribution in [1.82, 2.24) is 14.2 Å². The van der Waals surface area contributed by atoms with Crippen LogP contribution in [0.15, 0.2) is 24.4 Å². The molecule has 3 aliphatic rings. The molecule has 1 atom stereocenters.